The minimum absolute atomic E-state index is 0.163. The van der Waals surface area contributed by atoms with Crippen LogP contribution in [0, 0.1) is 5.92 Å². The van der Waals surface area contributed by atoms with E-state index in [2.05, 4.69) is 17.5 Å². The Morgan fingerprint density at radius 2 is 1.95 bits per heavy atom. The number of imide groups is 1. The van der Waals surface area contributed by atoms with Gasteiger partial charge in [0.25, 0.3) is 0 Å². The van der Waals surface area contributed by atoms with Gasteiger partial charge >= 0.3 is 12.0 Å². The summed E-state index contributed by atoms with van der Waals surface area (Å²) in [5.74, 6) is -0.121. The van der Waals surface area contributed by atoms with Crippen molar-refractivity contribution in [3.05, 3.63) is 0 Å². The largest absolute Gasteiger partial charge is 0.521 e. The van der Waals surface area contributed by atoms with Gasteiger partial charge in [0.2, 0.25) is 0 Å². The third-order valence-corrected chi connectivity index (χ3v) is 5.75. The molecule has 0 aromatic rings. The predicted octanol–water partition coefficient (Wildman–Crippen LogP) is 2.22. The van der Waals surface area contributed by atoms with Crippen LogP contribution < -0.4 is 0 Å². The van der Waals surface area contributed by atoms with Crippen molar-refractivity contribution >= 4 is 24.6 Å². The average molecular weight is 315 g/mol. The quantitative estimate of drug-likeness (QED) is 0.619. The molecule has 2 rings (SSSR count). The Kier molecular flexibility index (Phi) is 5.33. The van der Waals surface area contributed by atoms with Crippen molar-refractivity contribution in [3.8, 4) is 0 Å². The molecule has 0 radical (unpaired) electrons. The molecule has 21 heavy (non-hydrogen) atoms. The second kappa shape index (κ2) is 6.67. The van der Waals surface area contributed by atoms with Gasteiger partial charge in [0.05, 0.1) is 12.0 Å². The maximum atomic E-state index is 12.7. The number of piperidine rings is 1. The molecule has 1 N–H and O–H groups in total. The van der Waals surface area contributed by atoms with Crippen LogP contribution in [0.15, 0.2) is 0 Å². The van der Waals surface area contributed by atoms with Crippen molar-refractivity contribution in [2.45, 2.75) is 51.6 Å². The van der Waals surface area contributed by atoms with Gasteiger partial charge in [-0.1, -0.05) is 6.42 Å². The van der Waals surface area contributed by atoms with Crippen LogP contribution in [0.4, 0.5) is 4.79 Å². The third kappa shape index (κ3) is 2.98. The first kappa shape index (κ1) is 16.8. The third-order valence-electron chi connectivity index (χ3n) is 5.20. The normalized spacial score (nSPS) is 35.6. The average Bonchev–Trinajstić information content (AvgIpc) is 2.85. The lowest BCUT2D eigenvalue weighted by atomic mass is 10.1. The molecule has 2 aliphatic heterocycles. The van der Waals surface area contributed by atoms with Crippen LogP contribution in [0.2, 0.25) is 0 Å². The summed E-state index contributed by atoms with van der Waals surface area (Å²) in [6.45, 7) is 6.16. The number of carboxylic acid groups (broad SMARTS) is 1. The Labute approximate surface area is 132 Å². The molecule has 2 aliphatic rings. The van der Waals surface area contributed by atoms with E-state index in [1.807, 2.05) is 6.92 Å². The van der Waals surface area contributed by atoms with Gasteiger partial charge in [-0.3, -0.25) is 4.90 Å². The fourth-order valence-corrected chi connectivity index (χ4v) is 4.00. The van der Waals surface area contributed by atoms with Crippen LogP contribution in [-0.2, 0) is 4.79 Å². The summed E-state index contributed by atoms with van der Waals surface area (Å²) in [4.78, 5) is 27.0. The number of hydrogen-bond acceptors (Lipinski definition) is 4. The Morgan fingerprint density at radius 3 is 2.48 bits per heavy atom. The van der Waals surface area contributed by atoms with Crippen molar-refractivity contribution in [1.82, 2.24) is 4.90 Å². The van der Waals surface area contributed by atoms with E-state index < -0.39 is 10.6 Å². The minimum Gasteiger partial charge on any atom is -0.435 e. The number of carbonyl (C=O) groups excluding carboxylic acids is 1. The molecule has 0 bridgehead atoms. The molecule has 0 saturated carbocycles. The molecule has 6 heteroatoms. The number of nitrogens with zero attached hydrogens (tertiary/aromatic N) is 2. The van der Waals surface area contributed by atoms with E-state index in [0.717, 1.165) is 19.5 Å². The van der Waals surface area contributed by atoms with Crippen molar-refractivity contribution in [3.63, 3.8) is 0 Å². The molecule has 5 nitrogen and oxygen atoms in total. The van der Waals surface area contributed by atoms with E-state index in [1.54, 1.807) is 6.92 Å². The van der Waals surface area contributed by atoms with Gasteiger partial charge in [-0.15, -0.1) is 0 Å². The number of rotatable bonds is 3. The molecular weight excluding hydrogens is 288 g/mol. The summed E-state index contributed by atoms with van der Waals surface area (Å²) in [7, 11) is 0. The van der Waals surface area contributed by atoms with E-state index in [0.29, 0.717) is 12.3 Å². The number of hydrogen-bond donors (Lipinski definition) is 2. The highest BCUT2D eigenvalue weighted by Crippen LogP contribution is 2.34. The first-order chi connectivity index (χ1) is 9.93. The van der Waals surface area contributed by atoms with Crippen LogP contribution in [-0.4, -0.2) is 64.0 Å². The number of likely N-dealkylation sites (tertiary alicyclic amines) is 2. The molecule has 120 valence electrons. The summed E-state index contributed by atoms with van der Waals surface area (Å²) in [6.07, 6.45) is 3.41. The summed E-state index contributed by atoms with van der Waals surface area (Å²) in [5.41, 5.74) is 0. The molecule has 0 aromatic heterocycles. The first-order valence-corrected chi connectivity index (χ1v) is 8.57. The number of quaternary nitrogens is 1. The lowest BCUT2D eigenvalue weighted by Crippen LogP contribution is -2.61. The van der Waals surface area contributed by atoms with Crippen LogP contribution in [0.25, 0.3) is 0 Å². The Hall–Kier alpha value is -0.590. The SMILES string of the molecule is CC(CS)C(=O)[N@+]1(C(=O)O)C[C@@H](N2CCCCC2)CC1C. The standard InChI is InChI=1S/C15H26N2O3S/c1-11(10-21)14(18)17(15(19)20)9-13(8-12(17)2)16-6-4-3-5-7-16/h11-13H,3-10H2,1-2H3,(H-,19,20,21)/p+1/t11?,12?,13-,17-/m0/s1. The number of carbonyl (C=O) groups is 2. The Bertz CT molecular complexity index is 412. The highest BCUT2D eigenvalue weighted by atomic mass is 32.1. The summed E-state index contributed by atoms with van der Waals surface area (Å²) >= 11 is 4.17. The van der Waals surface area contributed by atoms with Crippen LogP contribution in [0.3, 0.4) is 0 Å². The van der Waals surface area contributed by atoms with Gasteiger partial charge in [0.1, 0.15) is 12.6 Å². The van der Waals surface area contributed by atoms with Crippen molar-refractivity contribution in [1.29, 1.82) is 0 Å². The van der Waals surface area contributed by atoms with Gasteiger partial charge in [-0.2, -0.15) is 21.9 Å². The smallest absolute Gasteiger partial charge is 0.435 e. The molecule has 0 aromatic carbocycles. The topological polar surface area (TPSA) is 57.6 Å². The number of thiol groups is 1. The molecule has 4 atom stereocenters. The van der Waals surface area contributed by atoms with E-state index in [4.69, 9.17) is 0 Å². The maximum absolute atomic E-state index is 12.7. The zero-order valence-corrected chi connectivity index (χ0v) is 13.9. The monoisotopic (exact) mass is 315 g/mol. The second-order valence-corrected chi connectivity index (χ2v) is 6.96. The van der Waals surface area contributed by atoms with E-state index in [9.17, 15) is 14.7 Å². The number of amides is 2. The van der Waals surface area contributed by atoms with Crippen LogP contribution >= 0.6 is 12.6 Å². The zero-order chi connectivity index (χ0) is 15.6. The van der Waals surface area contributed by atoms with Crippen molar-refractivity contribution in [2.24, 2.45) is 5.92 Å². The van der Waals surface area contributed by atoms with Gasteiger partial charge in [-0.05, 0) is 39.8 Å². The van der Waals surface area contributed by atoms with E-state index in [-0.39, 0.29) is 23.9 Å². The van der Waals surface area contributed by atoms with Gasteiger partial charge in [-0.25, -0.2) is 4.79 Å². The fourth-order valence-electron chi connectivity index (χ4n) is 3.85. The van der Waals surface area contributed by atoms with Gasteiger partial charge in [0, 0.05) is 12.2 Å². The summed E-state index contributed by atoms with van der Waals surface area (Å²) < 4.78 is -0.414. The highest BCUT2D eigenvalue weighted by molar-refractivity contribution is 7.80. The molecule has 2 saturated heterocycles. The van der Waals surface area contributed by atoms with Crippen LogP contribution in [0.1, 0.15) is 39.5 Å². The summed E-state index contributed by atoms with van der Waals surface area (Å²) in [6, 6.07) is 0.0525. The molecule has 2 amide bonds. The fraction of sp³-hybridized carbons (Fsp3) is 0.867. The Morgan fingerprint density at radius 1 is 1.33 bits per heavy atom. The zero-order valence-electron chi connectivity index (χ0n) is 13.0. The predicted molar refractivity (Wildman–Crippen MR) is 84.5 cm³/mol. The van der Waals surface area contributed by atoms with Gasteiger partial charge in [0.15, 0.2) is 0 Å². The minimum atomic E-state index is -0.999. The highest BCUT2D eigenvalue weighted by Gasteiger charge is 2.58. The molecule has 2 heterocycles. The summed E-state index contributed by atoms with van der Waals surface area (Å²) in [5, 5.41) is 9.77. The lowest BCUT2D eigenvalue weighted by Gasteiger charge is -2.33. The molecule has 0 aliphatic carbocycles. The maximum Gasteiger partial charge on any atom is 0.521 e. The molecule has 2 unspecified atom stereocenters. The van der Waals surface area contributed by atoms with Crippen LogP contribution in [0.5, 0.6) is 0 Å². The van der Waals surface area contributed by atoms with Crippen molar-refractivity contribution < 1.29 is 19.2 Å². The molecular formula is C15H27N2O3S+. The first-order valence-electron chi connectivity index (χ1n) is 7.94. The molecule has 0 spiro atoms. The van der Waals surface area contributed by atoms with E-state index >= 15 is 0 Å². The molecule has 2 fully saturated rings. The second-order valence-electron chi connectivity index (χ2n) is 6.59. The van der Waals surface area contributed by atoms with Crippen molar-refractivity contribution in [2.75, 3.05) is 25.4 Å². The Balaban J connectivity index is 2.21. The van der Waals surface area contributed by atoms with E-state index in [1.165, 1.54) is 19.3 Å². The van der Waals surface area contributed by atoms with Gasteiger partial charge < -0.3 is 5.11 Å². The lowest BCUT2D eigenvalue weighted by molar-refractivity contribution is -0.794.